The van der Waals surface area contributed by atoms with E-state index in [4.69, 9.17) is 0 Å². The largest absolute Gasteiger partial charge is 0.348 e. The monoisotopic (exact) mass is 422 g/mol. The molecule has 0 spiro atoms. The van der Waals surface area contributed by atoms with Crippen molar-refractivity contribution in [2.24, 2.45) is 5.92 Å². The van der Waals surface area contributed by atoms with E-state index in [-0.39, 0.29) is 17.5 Å². The van der Waals surface area contributed by atoms with Gasteiger partial charge in [-0.1, -0.05) is 56.2 Å². The van der Waals surface area contributed by atoms with Crippen molar-refractivity contribution in [1.82, 2.24) is 9.88 Å². The van der Waals surface area contributed by atoms with Gasteiger partial charge in [0.1, 0.15) is 11.6 Å². The van der Waals surface area contributed by atoms with Gasteiger partial charge in [0.05, 0.1) is 11.6 Å². The highest BCUT2D eigenvalue weighted by atomic mass is 16.1. The SMILES string of the molecule is C[C@@H]1CCCC[C@H]1NC(=O)/C(C#N)=C/c1cn(Cc2ccccc2C#N)c2ccccc12. The number of aromatic nitrogens is 1. The molecule has 1 aromatic heterocycles. The number of nitriles is 2. The number of rotatable bonds is 5. The first-order chi connectivity index (χ1) is 15.6. The fourth-order valence-electron chi connectivity index (χ4n) is 4.55. The summed E-state index contributed by atoms with van der Waals surface area (Å²) in [6.07, 6.45) is 8.00. The Morgan fingerprint density at radius 1 is 1.12 bits per heavy atom. The van der Waals surface area contributed by atoms with Crippen LogP contribution in [0.15, 0.2) is 60.3 Å². The van der Waals surface area contributed by atoms with Crippen LogP contribution >= 0.6 is 0 Å². The third-order valence-electron chi connectivity index (χ3n) is 6.39. The van der Waals surface area contributed by atoms with Crippen LogP contribution in [-0.2, 0) is 11.3 Å². The van der Waals surface area contributed by atoms with Crippen LogP contribution in [0.1, 0.15) is 49.3 Å². The van der Waals surface area contributed by atoms with E-state index < -0.39 is 0 Å². The van der Waals surface area contributed by atoms with Crippen LogP contribution in [0.4, 0.5) is 0 Å². The molecular weight excluding hydrogens is 396 g/mol. The topological polar surface area (TPSA) is 81.6 Å². The first-order valence-corrected chi connectivity index (χ1v) is 11.1. The Balaban J connectivity index is 1.66. The smallest absolute Gasteiger partial charge is 0.262 e. The maximum atomic E-state index is 12.9. The molecular formula is C27H26N4O. The van der Waals surface area contributed by atoms with E-state index >= 15 is 0 Å². The molecule has 1 saturated carbocycles. The van der Waals surface area contributed by atoms with Crippen LogP contribution in [0.2, 0.25) is 0 Å². The molecule has 0 saturated heterocycles. The van der Waals surface area contributed by atoms with Crippen molar-refractivity contribution in [3.05, 3.63) is 77.0 Å². The number of fused-ring (bicyclic) bond motifs is 1. The Bertz CT molecular complexity index is 1250. The molecule has 1 fully saturated rings. The molecule has 32 heavy (non-hydrogen) atoms. The lowest BCUT2D eigenvalue weighted by atomic mass is 9.86. The highest BCUT2D eigenvalue weighted by molar-refractivity contribution is 6.04. The second kappa shape index (κ2) is 9.54. The summed E-state index contributed by atoms with van der Waals surface area (Å²) in [7, 11) is 0. The van der Waals surface area contributed by atoms with Gasteiger partial charge in [-0.2, -0.15) is 10.5 Å². The maximum Gasteiger partial charge on any atom is 0.262 e. The quantitative estimate of drug-likeness (QED) is 0.455. The molecule has 3 aromatic rings. The molecule has 5 nitrogen and oxygen atoms in total. The summed E-state index contributed by atoms with van der Waals surface area (Å²) in [5.74, 6) is 0.118. The molecule has 5 heteroatoms. The summed E-state index contributed by atoms with van der Waals surface area (Å²) in [5, 5.41) is 23.2. The van der Waals surface area contributed by atoms with Crippen LogP contribution in [0.5, 0.6) is 0 Å². The van der Waals surface area contributed by atoms with Crippen molar-refractivity contribution in [2.45, 2.75) is 45.2 Å². The van der Waals surface area contributed by atoms with E-state index in [9.17, 15) is 15.3 Å². The fraction of sp³-hybridized carbons (Fsp3) is 0.296. The predicted octanol–water partition coefficient (Wildman–Crippen LogP) is 5.16. The first-order valence-electron chi connectivity index (χ1n) is 11.1. The molecule has 2 aromatic carbocycles. The Hall–Kier alpha value is -3.83. The van der Waals surface area contributed by atoms with E-state index in [1.165, 1.54) is 6.42 Å². The van der Waals surface area contributed by atoms with Crippen molar-refractivity contribution in [3.63, 3.8) is 0 Å². The molecule has 160 valence electrons. The zero-order valence-corrected chi connectivity index (χ0v) is 18.2. The Morgan fingerprint density at radius 3 is 2.66 bits per heavy atom. The van der Waals surface area contributed by atoms with Gasteiger partial charge in [0.15, 0.2) is 0 Å². The Kier molecular flexibility index (Phi) is 6.38. The van der Waals surface area contributed by atoms with E-state index in [1.807, 2.05) is 54.7 Å². The molecule has 0 aliphatic heterocycles. The predicted molar refractivity (Wildman–Crippen MR) is 125 cm³/mol. The average Bonchev–Trinajstić information content (AvgIpc) is 3.16. The number of benzene rings is 2. The second-order valence-corrected chi connectivity index (χ2v) is 8.51. The average molecular weight is 423 g/mol. The maximum absolute atomic E-state index is 12.9. The number of carbonyl (C=O) groups excluding carboxylic acids is 1. The molecule has 0 radical (unpaired) electrons. The minimum Gasteiger partial charge on any atom is -0.348 e. The summed E-state index contributed by atoms with van der Waals surface area (Å²) in [6.45, 7) is 2.69. The van der Waals surface area contributed by atoms with Gasteiger partial charge in [-0.15, -0.1) is 0 Å². The van der Waals surface area contributed by atoms with Crippen LogP contribution in [0, 0.1) is 28.6 Å². The van der Waals surface area contributed by atoms with Crippen molar-refractivity contribution in [3.8, 4) is 12.1 Å². The second-order valence-electron chi connectivity index (χ2n) is 8.51. The molecule has 0 unspecified atom stereocenters. The third-order valence-corrected chi connectivity index (χ3v) is 6.39. The number of amides is 1. The third kappa shape index (κ3) is 4.43. The number of nitrogens with one attached hydrogen (secondary N) is 1. The number of para-hydroxylation sites is 1. The lowest BCUT2D eigenvalue weighted by molar-refractivity contribution is -0.118. The van der Waals surface area contributed by atoms with Gasteiger partial charge in [0.25, 0.3) is 5.91 Å². The van der Waals surface area contributed by atoms with E-state index in [2.05, 4.69) is 28.9 Å². The molecule has 2 atom stereocenters. The normalized spacial score (nSPS) is 18.7. The zero-order chi connectivity index (χ0) is 22.5. The fourth-order valence-corrected chi connectivity index (χ4v) is 4.55. The van der Waals surface area contributed by atoms with Gasteiger partial charge in [-0.25, -0.2) is 0 Å². The van der Waals surface area contributed by atoms with Gasteiger partial charge in [0.2, 0.25) is 0 Å². The summed E-state index contributed by atoms with van der Waals surface area (Å²) < 4.78 is 2.06. The minimum absolute atomic E-state index is 0.114. The van der Waals surface area contributed by atoms with E-state index in [1.54, 1.807) is 6.08 Å². The molecule has 1 N–H and O–H groups in total. The van der Waals surface area contributed by atoms with Crippen LogP contribution < -0.4 is 5.32 Å². The molecule has 1 aliphatic carbocycles. The van der Waals surface area contributed by atoms with Crippen molar-refractivity contribution in [2.75, 3.05) is 0 Å². The van der Waals surface area contributed by atoms with Gasteiger partial charge >= 0.3 is 0 Å². The van der Waals surface area contributed by atoms with Crippen LogP contribution in [0.3, 0.4) is 0 Å². The highest BCUT2D eigenvalue weighted by Gasteiger charge is 2.24. The number of carbonyl (C=O) groups is 1. The highest BCUT2D eigenvalue weighted by Crippen LogP contribution is 2.26. The minimum atomic E-state index is -0.307. The van der Waals surface area contributed by atoms with E-state index in [0.29, 0.717) is 18.0 Å². The lowest BCUT2D eigenvalue weighted by Crippen LogP contribution is -2.41. The van der Waals surface area contributed by atoms with E-state index in [0.717, 1.165) is 41.3 Å². The summed E-state index contributed by atoms with van der Waals surface area (Å²) in [5.41, 5.74) is 3.49. The van der Waals surface area contributed by atoms with Crippen LogP contribution in [-0.4, -0.2) is 16.5 Å². The molecule has 1 aliphatic rings. The number of hydrogen-bond donors (Lipinski definition) is 1. The number of hydrogen-bond acceptors (Lipinski definition) is 3. The first kappa shape index (κ1) is 21.4. The van der Waals surface area contributed by atoms with Crippen molar-refractivity contribution < 1.29 is 4.79 Å². The molecule has 0 bridgehead atoms. The standard InChI is InChI=1S/C27H26N4O/c1-19-8-2-6-12-25(19)30-27(32)22(16-29)14-23-18-31(26-13-7-5-11-24(23)26)17-21-10-4-3-9-20(21)15-28/h3-5,7,9-11,13-14,18-19,25H,2,6,8,12,17H2,1H3,(H,30,32)/b22-14+/t19-,25-/m1/s1. The number of nitrogens with zero attached hydrogens (tertiary/aromatic N) is 3. The Labute approximate surface area is 188 Å². The molecule has 4 rings (SSSR count). The van der Waals surface area contributed by atoms with Crippen molar-refractivity contribution >= 4 is 22.9 Å². The van der Waals surface area contributed by atoms with Gasteiger partial charge < -0.3 is 9.88 Å². The Morgan fingerprint density at radius 2 is 1.88 bits per heavy atom. The van der Waals surface area contributed by atoms with Crippen molar-refractivity contribution in [1.29, 1.82) is 10.5 Å². The van der Waals surface area contributed by atoms with Gasteiger partial charge in [0, 0.05) is 35.2 Å². The van der Waals surface area contributed by atoms with Gasteiger partial charge in [-0.3, -0.25) is 4.79 Å². The molecule has 1 amide bonds. The zero-order valence-electron chi connectivity index (χ0n) is 18.2. The van der Waals surface area contributed by atoms with Gasteiger partial charge in [-0.05, 0) is 42.5 Å². The van der Waals surface area contributed by atoms with Crippen LogP contribution in [0.25, 0.3) is 17.0 Å². The summed E-state index contributed by atoms with van der Waals surface area (Å²) in [4.78, 5) is 12.9. The molecule has 1 heterocycles. The summed E-state index contributed by atoms with van der Waals surface area (Å²) in [6, 6.07) is 19.9. The summed E-state index contributed by atoms with van der Waals surface area (Å²) >= 11 is 0. The lowest BCUT2D eigenvalue weighted by Gasteiger charge is -2.29.